The van der Waals surface area contributed by atoms with Crippen molar-refractivity contribution in [1.29, 1.82) is 0 Å². The fourth-order valence-corrected chi connectivity index (χ4v) is 2.57. The second-order valence-electron chi connectivity index (χ2n) is 5.80. The molecule has 0 aliphatic heterocycles. The van der Waals surface area contributed by atoms with Gasteiger partial charge < -0.3 is 18.4 Å². The van der Waals surface area contributed by atoms with Crippen LogP contribution in [0.3, 0.4) is 0 Å². The number of benzene rings is 2. The largest absolute Gasteiger partial charge is 0.497 e. The minimum Gasteiger partial charge on any atom is -0.497 e. The molecule has 28 heavy (non-hydrogen) atoms. The molecule has 0 atom stereocenters. The van der Waals surface area contributed by atoms with E-state index >= 15 is 0 Å². The molecule has 0 aliphatic rings. The molecule has 4 rings (SSSR count). The summed E-state index contributed by atoms with van der Waals surface area (Å²) < 4.78 is 34.7. The zero-order valence-corrected chi connectivity index (χ0v) is 15.0. The Balaban J connectivity index is 1.55. The van der Waals surface area contributed by atoms with Crippen LogP contribution in [0, 0.1) is 5.82 Å². The van der Waals surface area contributed by atoms with Crippen LogP contribution in [0.25, 0.3) is 22.8 Å². The Morgan fingerprint density at radius 3 is 2.43 bits per heavy atom. The molecule has 0 radical (unpaired) electrons. The van der Waals surface area contributed by atoms with Crippen molar-refractivity contribution < 1.29 is 22.8 Å². The third-order valence-corrected chi connectivity index (χ3v) is 3.92. The fourth-order valence-electron chi connectivity index (χ4n) is 2.57. The van der Waals surface area contributed by atoms with Crippen molar-refractivity contribution in [3.05, 3.63) is 60.1 Å². The van der Waals surface area contributed by atoms with Gasteiger partial charge in [0.2, 0.25) is 23.5 Å². The molecular formula is C19H15FN4O4. The second kappa shape index (κ2) is 7.47. The molecule has 0 saturated carbocycles. The molecular weight excluding hydrogens is 367 g/mol. The van der Waals surface area contributed by atoms with Gasteiger partial charge in [-0.1, -0.05) is 17.3 Å². The molecule has 0 spiro atoms. The van der Waals surface area contributed by atoms with E-state index in [1.54, 1.807) is 44.6 Å². The highest BCUT2D eigenvalue weighted by molar-refractivity contribution is 5.59. The first-order valence-electron chi connectivity index (χ1n) is 8.29. The summed E-state index contributed by atoms with van der Waals surface area (Å²) in [6.45, 7) is 0. The quantitative estimate of drug-likeness (QED) is 0.500. The summed E-state index contributed by atoms with van der Waals surface area (Å²) >= 11 is 0. The highest BCUT2D eigenvalue weighted by Crippen LogP contribution is 2.29. The Kier molecular flexibility index (Phi) is 4.71. The molecule has 8 nitrogen and oxygen atoms in total. The number of hydrogen-bond donors (Lipinski definition) is 0. The molecule has 2 aromatic carbocycles. The number of hydrogen-bond acceptors (Lipinski definition) is 8. The summed E-state index contributed by atoms with van der Waals surface area (Å²) in [6.07, 6.45) is 0.149. The summed E-state index contributed by atoms with van der Waals surface area (Å²) in [5.41, 5.74) is 1.17. The predicted octanol–water partition coefficient (Wildman–Crippen LogP) is 3.53. The number of methoxy groups -OCH3 is 2. The van der Waals surface area contributed by atoms with E-state index in [2.05, 4.69) is 20.3 Å². The summed E-state index contributed by atoms with van der Waals surface area (Å²) in [5, 5.41) is 11.9. The highest BCUT2D eigenvalue weighted by Gasteiger charge is 2.16. The van der Waals surface area contributed by atoms with Crippen molar-refractivity contribution >= 4 is 0 Å². The van der Waals surface area contributed by atoms with Gasteiger partial charge in [0.25, 0.3) is 0 Å². The molecule has 0 unspecified atom stereocenters. The number of nitrogens with zero attached hydrogens (tertiary/aromatic N) is 4. The van der Waals surface area contributed by atoms with E-state index in [9.17, 15) is 4.39 Å². The Morgan fingerprint density at radius 2 is 1.71 bits per heavy atom. The number of ether oxygens (including phenoxy) is 2. The van der Waals surface area contributed by atoms with Gasteiger partial charge in [-0.2, -0.15) is 4.98 Å². The Bertz CT molecular complexity index is 1090. The van der Waals surface area contributed by atoms with Crippen molar-refractivity contribution in [2.75, 3.05) is 14.2 Å². The lowest BCUT2D eigenvalue weighted by atomic mass is 10.2. The van der Waals surface area contributed by atoms with Crippen LogP contribution in [0.5, 0.6) is 11.5 Å². The van der Waals surface area contributed by atoms with Gasteiger partial charge in [0.1, 0.15) is 23.7 Å². The minimum atomic E-state index is -0.376. The molecule has 9 heteroatoms. The standard InChI is InChI=1S/C19H15FN4O4/c1-25-14-7-12(8-15(9-14)26-2)19-23-22-17(27-19)10-16-21-18(24-28-16)11-4-3-5-13(20)6-11/h3-9H,10H2,1-2H3. The fraction of sp³-hybridized carbons (Fsp3) is 0.158. The van der Waals surface area contributed by atoms with E-state index < -0.39 is 0 Å². The van der Waals surface area contributed by atoms with Gasteiger partial charge in [0.15, 0.2) is 0 Å². The lowest BCUT2D eigenvalue weighted by Crippen LogP contribution is -1.89. The van der Waals surface area contributed by atoms with Gasteiger partial charge in [-0.3, -0.25) is 0 Å². The van der Waals surface area contributed by atoms with Gasteiger partial charge in [-0.05, 0) is 24.3 Å². The van der Waals surface area contributed by atoms with E-state index in [0.29, 0.717) is 34.4 Å². The monoisotopic (exact) mass is 382 g/mol. The van der Waals surface area contributed by atoms with E-state index in [1.165, 1.54) is 12.1 Å². The maximum absolute atomic E-state index is 13.3. The lowest BCUT2D eigenvalue weighted by molar-refractivity contribution is 0.373. The summed E-state index contributed by atoms with van der Waals surface area (Å²) in [4.78, 5) is 4.24. The van der Waals surface area contributed by atoms with Crippen LogP contribution in [0.1, 0.15) is 11.8 Å². The maximum atomic E-state index is 13.3. The molecule has 0 aliphatic carbocycles. The zero-order chi connectivity index (χ0) is 19.5. The van der Waals surface area contributed by atoms with Crippen molar-refractivity contribution in [1.82, 2.24) is 20.3 Å². The molecule has 142 valence electrons. The molecule has 4 aromatic rings. The maximum Gasteiger partial charge on any atom is 0.248 e. The normalized spacial score (nSPS) is 10.8. The Morgan fingerprint density at radius 1 is 0.929 bits per heavy atom. The van der Waals surface area contributed by atoms with Crippen molar-refractivity contribution in [2.45, 2.75) is 6.42 Å². The molecule has 0 amide bonds. The van der Waals surface area contributed by atoms with E-state index in [1.807, 2.05) is 0 Å². The average Bonchev–Trinajstić information content (AvgIpc) is 3.38. The molecule has 0 bridgehead atoms. The molecule has 0 N–H and O–H groups in total. The van der Waals surface area contributed by atoms with Crippen LogP contribution in [0.2, 0.25) is 0 Å². The van der Waals surface area contributed by atoms with Crippen LogP contribution in [0.15, 0.2) is 51.4 Å². The average molecular weight is 382 g/mol. The number of halogens is 1. The first-order valence-corrected chi connectivity index (χ1v) is 8.29. The van der Waals surface area contributed by atoms with Crippen LogP contribution in [-0.4, -0.2) is 34.6 Å². The van der Waals surface area contributed by atoms with Gasteiger partial charge >= 0.3 is 0 Å². The molecule has 0 saturated heterocycles. The van der Waals surface area contributed by atoms with Gasteiger partial charge in [-0.15, -0.1) is 10.2 Å². The molecule has 2 aromatic heterocycles. The molecule has 2 heterocycles. The van der Waals surface area contributed by atoms with Crippen LogP contribution < -0.4 is 9.47 Å². The Hall–Kier alpha value is -3.75. The van der Waals surface area contributed by atoms with Crippen LogP contribution in [0.4, 0.5) is 4.39 Å². The topological polar surface area (TPSA) is 96.3 Å². The summed E-state index contributed by atoms with van der Waals surface area (Å²) in [6, 6.07) is 11.2. The van der Waals surface area contributed by atoms with E-state index in [-0.39, 0.29) is 24.0 Å². The smallest absolute Gasteiger partial charge is 0.248 e. The lowest BCUT2D eigenvalue weighted by Gasteiger charge is -2.05. The third-order valence-electron chi connectivity index (χ3n) is 3.92. The van der Waals surface area contributed by atoms with Crippen molar-refractivity contribution in [3.8, 4) is 34.3 Å². The SMILES string of the molecule is COc1cc(OC)cc(-c2nnc(Cc3nc(-c4cccc(F)c4)no3)o2)c1. The van der Waals surface area contributed by atoms with Gasteiger partial charge in [0.05, 0.1) is 14.2 Å². The summed E-state index contributed by atoms with van der Waals surface area (Å²) in [5.74, 6) is 1.99. The first kappa shape index (κ1) is 17.7. The summed E-state index contributed by atoms with van der Waals surface area (Å²) in [7, 11) is 3.12. The van der Waals surface area contributed by atoms with Crippen molar-refractivity contribution in [3.63, 3.8) is 0 Å². The first-order chi connectivity index (χ1) is 13.6. The number of rotatable bonds is 6. The van der Waals surface area contributed by atoms with Gasteiger partial charge in [0, 0.05) is 17.2 Å². The van der Waals surface area contributed by atoms with Crippen LogP contribution in [-0.2, 0) is 6.42 Å². The minimum absolute atomic E-state index is 0.149. The number of aromatic nitrogens is 4. The van der Waals surface area contributed by atoms with Gasteiger partial charge in [-0.25, -0.2) is 4.39 Å². The highest BCUT2D eigenvalue weighted by atomic mass is 19.1. The molecule has 0 fully saturated rings. The third kappa shape index (κ3) is 3.68. The second-order valence-corrected chi connectivity index (χ2v) is 5.80. The predicted molar refractivity (Wildman–Crippen MR) is 95.3 cm³/mol. The van der Waals surface area contributed by atoms with E-state index in [4.69, 9.17) is 18.4 Å². The van der Waals surface area contributed by atoms with Crippen LogP contribution >= 0.6 is 0 Å². The van der Waals surface area contributed by atoms with E-state index in [0.717, 1.165) is 0 Å². The zero-order valence-electron chi connectivity index (χ0n) is 15.0. The Labute approximate surface area is 158 Å². The van der Waals surface area contributed by atoms with Crippen molar-refractivity contribution in [2.24, 2.45) is 0 Å².